The fourth-order valence-electron chi connectivity index (χ4n) is 1.55. The lowest BCUT2D eigenvalue weighted by molar-refractivity contribution is 0.885. The monoisotopic (exact) mass is 218 g/mol. The molecule has 2 aromatic heterocycles. The lowest BCUT2D eigenvalue weighted by Crippen LogP contribution is -2.10. The number of nitrogens with two attached hydrogens (primary N) is 1. The summed E-state index contributed by atoms with van der Waals surface area (Å²) >= 11 is 1.75. The van der Waals surface area contributed by atoms with Crippen LogP contribution in [0.15, 0.2) is 30.5 Å². The van der Waals surface area contributed by atoms with Gasteiger partial charge in [0.15, 0.2) is 0 Å². The van der Waals surface area contributed by atoms with Crippen molar-refractivity contribution >= 4 is 11.3 Å². The molecular formula is C12H14N2S. The molecule has 0 saturated carbocycles. The van der Waals surface area contributed by atoms with E-state index in [2.05, 4.69) is 24.0 Å². The van der Waals surface area contributed by atoms with Gasteiger partial charge in [-0.15, -0.1) is 11.3 Å². The summed E-state index contributed by atoms with van der Waals surface area (Å²) in [7, 11) is 0. The molecule has 1 unspecified atom stereocenters. The Morgan fingerprint density at radius 2 is 2.07 bits per heavy atom. The molecule has 0 aliphatic rings. The Kier molecular flexibility index (Phi) is 2.84. The van der Waals surface area contributed by atoms with Crippen molar-refractivity contribution in [1.29, 1.82) is 0 Å². The molecule has 2 heterocycles. The van der Waals surface area contributed by atoms with Crippen molar-refractivity contribution in [3.05, 3.63) is 51.5 Å². The Morgan fingerprint density at radius 3 is 2.67 bits per heavy atom. The first-order valence-corrected chi connectivity index (χ1v) is 5.73. The Hall–Kier alpha value is -1.19. The number of hydrogen-bond acceptors (Lipinski definition) is 3. The highest BCUT2D eigenvalue weighted by Crippen LogP contribution is 2.26. The third kappa shape index (κ3) is 2.25. The van der Waals surface area contributed by atoms with Crippen LogP contribution < -0.4 is 5.73 Å². The fourth-order valence-corrected chi connectivity index (χ4v) is 2.45. The molecule has 0 aliphatic heterocycles. The van der Waals surface area contributed by atoms with Crippen LogP contribution in [0.4, 0.5) is 0 Å². The number of nitrogens with zero attached hydrogens (tertiary/aromatic N) is 1. The molecule has 0 aromatic carbocycles. The molecule has 1 atom stereocenters. The van der Waals surface area contributed by atoms with Gasteiger partial charge in [-0.3, -0.25) is 4.98 Å². The molecular weight excluding hydrogens is 204 g/mol. The van der Waals surface area contributed by atoms with Crippen LogP contribution in [0.1, 0.15) is 27.1 Å². The van der Waals surface area contributed by atoms with E-state index in [4.69, 9.17) is 5.73 Å². The van der Waals surface area contributed by atoms with Gasteiger partial charge < -0.3 is 5.73 Å². The number of rotatable bonds is 2. The van der Waals surface area contributed by atoms with Gasteiger partial charge in [-0.25, -0.2) is 0 Å². The van der Waals surface area contributed by atoms with Gasteiger partial charge in [0, 0.05) is 21.6 Å². The van der Waals surface area contributed by atoms with Gasteiger partial charge in [0.2, 0.25) is 0 Å². The minimum atomic E-state index is -0.0228. The molecule has 0 aliphatic carbocycles. The molecule has 2 N–H and O–H groups in total. The smallest absolute Gasteiger partial charge is 0.0647 e. The standard InChI is InChI=1S/C12H14N2S/c1-8-7-10(5-6-14-8)12(13)11-4-3-9(2)15-11/h3-7,12H,13H2,1-2H3. The topological polar surface area (TPSA) is 38.9 Å². The van der Waals surface area contributed by atoms with Gasteiger partial charge in [-0.1, -0.05) is 0 Å². The summed E-state index contributed by atoms with van der Waals surface area (Å²) in [6.45, 7) is 4.08. The van der Waals surface area contributed by atoms with Crippen LogP contribution in [-0.4, -0.2) is 4.98 Å². The Bertz CT molecular complexity index is 462. The number of aryl methyl sites for hydroxylation is 2. The second-order valence-corrected chi connectivity index (χ2v) is 4.98. The summed E-state index contributed by atoms with van der Waals surface area (Å²) in [4.78, 5) is 6.67. The van der Waals surface area contributed by atoms with Crippen molar-refractivity contribution in [2.24, 2.45) is 5.73 Å². The number of thiophene rings is 1. The SMILES string of the molecule is Cc1cc(C(N)c2ccc(C)s2)ccn1. The third-order valence-electron chi connectivity index (χ3n) is 2.35. The molecule has 78 valence electrons. The molecule has 2 rings (SSSR count). The zero-order chi connectivity index (χ0) is 10.8. The Balaban J connectivity index is 2.32. The van der Waals surface area contributed by atoms with E-state index in [1.807, 2.05) is 25.3 Å². The predicted octanol–water partition coefficient (Wildman–Crippen LogP) is 2.81. The molecule has 0 saturated heterocycles. The van der Waals surface area contributed by atoms with Crippen LogP contribution in [-0.2, 0) is 0 Å². The number of pyridine rings is 1. The van der Waals surface area contributed by atoms with Gasteiger partial charge in [0.25, 0.3) is 0 Å². The first-order valence-electron chi connectivity index (χ1n) is 4.91. The van der Waals surface area contributed by atoms with E-state index in [1.54, 1.807) is 11.3 Å². The average Bonchev–Trinajstić information content (AvgIpc) is 2.64. The quantitative estimate of drug-likeness (QED) is 0.841. The van der Waals surface area contributed by atoms with Crippen molar-refractivity contribution in [3.63, 3.8) is 0 Å². The highest BCUT2D eigenvalue weighted by molar-refractivity contribution is 7.12. The lowest BCUT2D eigenvalue weighted by atomic mass is 10.1. The molecule has 0 radical (unpaired) electrons. The van der Waals surface area contributed by atoms with Gasteiger partial charge in [0.1, 0.15) is 0 Å². The van der Waals surface area contributed by atoms with Crippen LogP contribution in [0.2, 0.25) is 0 Å². The summed E-state index contributed by atoms with van der Waals surface area (Å²) in [6.07, 6.45) is 1.81. The van der Waals surface area contributed by atoms with Gasteiger partial charge >= 0.3 is 0 Å². The van der Waals surface area contributed by atoms with Crippen molar-refractivity contribution < 1.29 is 0 Å². The van der Waals surface area contributed by atoms with Crippen molar-refractivity contribution in [3.8, 4) is 0 Å². The van der Waals surface area contributed by atoms with E-state index in [9.17, 15) is 0 Å². The maximum Gasteiger partial charge on any atom is 0.0647 e. The number of aromatic nitrogens is 1. The zero-order valence-corrected chi connectivity index (χ0v) is 9.71. The summed E-state index contributed by atoms with van der Waals surface area (Å²) in [5, 5.41) is 0. The Labute approximate surface area is 93.8 Å². The van der Waals surface area contributed by atoms with E-state index in [0.29, 0.717) is 0 Å². The minimum Gasteiger partial charge on any atom is -0.320 e. The summed E-state index contributed by atoms with van der Waals surface area (Å²) < 4.78 is 0. The summed E-state index contributed by atoms with van der Waals surface area (Å²) in [6, 6.07) is 8.20. The van der Waals surface area contributed by atoms with Crippen molar-refractivity contribution in [2.75, 3.05) is 0 Å². The minimum absolute atomic E-state index is 0.0228. The molecule has 0 spiro atoms. The fraction of sp³-hybridized carbons (Fsp3) is 0.250. The molecule has 0 amide bonds. The molecule has 0 fully saturated rings. The van der Waals surface area contributed by atoms with E-state index in [0.717, 1.165) is 11.3 Å². The molecule has 2 nitrogen and oxygen atoms in total. The first kappa shape index (κ1) is 10.3. The van der Waals surface area contributed by atoms with Gasteiger partial charge in [-0.05, 0) is 43.7 Å². The first-order chi connectivity index (χ1) is 7.16. The van der Waals surface area contributed by atoms with Crippen LogP contribution in [0.3, 0.4) is 0 Å². The van der Waals surface area contributed by atoms with Crippen LogP contribution in [0, 0.1) is 13.8 Å². The highest BCUT2D eigenvalue weighted by Gasteiger charge is 2.10. The van der Waals surface area contributed by atoms with Crippen molar-refractivity contribution in [1.82, 2.24) is 4.98 Å². The second-order valence-electron chi connectivity index (χ2n) is 3.66. The summed E-state index contributed by atoms with van der Waals surface area (Å²) in [5.74, 6) is 0. The third-order valence-corrected chi connectivity index (χ3v) is 3.43. The maximum atomic E-state index is 6.18. The van der Waals surface area contributed by atoms with Crippen molar-refractivity contribution in [2.45, 2.75) is 19.9 Å². The van der Waals surface area contributed by atoms with E-state index < -0.39 is 0 Å². The Morgan fingerprint density at radius 1 is 1.27 bits per heavy atom. The van der Waals surface area contributed by atoms with Gasteiger partial charge in [-0.2, -0.15) is 0 Å². The lowest BCUT2D eigenvalue weighted by Gasteiger charge is -2.09. The van der Waals surface area contributed by atoms with E-state index in [-0.39, 0.29) is 6.04 Å². The van der Waals surface area contributed by atoms with E-state index in [1.165, 1.54) is 9.75 Å². The second kappa shape index (κ2) is 4.13. The molecule has 2 aromatic rings. The highest BCUT2D eigenvalue weighted by atomic mass is 32.1. The molecule has 15 heavy (non-hydrogen) atoms. The van der Waals surface area contributed by atoms with E-state index >= 15 is 0 Å². The summed E-state index contributed by atoms with van der Waals surface area (Å²) in [5.41, 5.74) is 8.32. The number of hydrogen-bond donors (Lipinski definition) is 1. The zero-order valence-electron chi connectivity index (χ0n) is 8.90. The largest absolute Gasteiger partial charge is 0.320 e. The predicted molar refractivity (Wildman–Crippen MR) is 64.1 cm³/mol. The maximum absolute atomic E-state index is 6.18. The van der Waals surface area contributed by atoms with Crippen LogP contribution in [0.25, 0.3) is 0 Å². The van der Waals surface area contributed by atoms with Crippen LogP contribution >= 0.6 is 11.3 Å². The normalized spacial score (nSPS) is 12.7. The van der Waals surface area contributed by atoms with Crippen LogP contribution in [0.5, 0.6) is 0 Å². The average molecular weight is 218 g/mol. The molecule has 3 heteroatoms. The molecule has 0 bridgehead atoms. The van der Waals surface area contributed by atoms with Gasteiger partial charge in [0.05, 0.1) is 6.04 Å².